The lowest BCUT2D eigenvalue weighted by molar-refractivity contribution is 0.319. The number of nitrogens with one attached hydrogen (secondary N) is 1. The van der Waals surface area contributed by atoms with Gasteiger partial charge in [-0.05, 0) is 31.0 Å². The van der Waals surface area contributed by atoms with E-state index >= 15 is 0 Å². The summed E-state index contributed by atoms with van der Waals surface area (Å²) in [6.07, 6.45) is 0.728. The number of rotatable bonds is 5. The maximum atomic E-state index is 7.30. The number of ether oxygens (including phenoxy) is 1. The lowest BCUT2D eigenvalue weighted by atomic mass is 10.1. The minimum Gasteiger partial charge on any atom is -0.493 e. The topological polar surface area (TPSA) is 72.0 Å². The van der Waals surface area contributed by atoms with Gasteiger partial charge in [0.05, 0.1) is 11.6 Å². The van der Waals surface area contributed by atoms with Crippen molar-refractivity contribution in [1.82, 2.24) is 4.98 Å². The molecule has 2 rings (SSSR count). The Labute approximate surface area is 116 Å². The first-order valence-corrected chi connectivity index (χ1v) is 6.93. The number of hydrogen-bond acceptors (Lipinski definition) is 4. The molecule has 0 fully saturated rings. The fraction of sp³-hybridized carbons (Fsp3) is 0.286. The molecule has 0 amide bonds. The molecule has 0 spiro atoms. The second-order valence-corrected chi connectivity index (χ2v) is 5.35. The summed E-state index contributed by atoms with van der Waals surface area (Å²) in [5, 5.41) is 10.0. The minimum atomic E-state index is 0.0120. The van der Waals surface area contributed by atoms with Gasteiger partial charge in [-0.25, -0.2) is 4.98 Å². The van der Waals surface area contributed by atoms with Crippen molar-refractivity contribution >= 4 is 17.2 Å². The van der Waals surface area contributed by atoms with Gasteiger partial charge in [-0.3, -0.25) is 5.41 Å². The van der Waals surface area contributed by atoms with E-state index in [1.54, 1.807) is 5.38 Å². The number of aromatic nitrogens is 1. The summed E-state index contributed by atoms with van der Waals surface area (Å²) in [7, 11) is 0. The van der Waals surface area contributed by atoms with Gasteiger partial charge >= 0.3 is 0 Å². The Balaban J connectivity index is 1.92. The fourth-order valence-electron chi connectivity index (χ4n) is 1.66. The van der Waals surface area contributed by atoms with E-state index in [1.165, 1.54) is 16.9 Å². The number of nitrogens with two attached hydrogens (primary N) is 1. The van der Waals surface area contributed by atoms with Gasteiger partial charge in [0, 0.05) is 11.8 Å². The van der Waals surface area contributed by atoms with E-state index in [0.717, 1.165) is 22.7 Å². The number of benzene rings is 1. The van der Waals surface area contributed by atoms with E-state index in [1.807, 2.05) is 19.9 Å². The largest absolute Gasteiger partial charge is 0.493 e. The van der Waals surface area contributed by atoms with Crippen LogP contribution in [0.4, 0.5) is 0 Å². The van der Waals surface area contributed by atoms with Crippen LogP contribution in [0.3, 0.4) is 0 Å². The standard InChI is InChI=1S/C14H17N3OS/c1-9-3-4-10(2)12(7-9)18-6-5-13-17-11(8-19-13)14(15)16/h3-4,7-8H,5-6H2,1-2H3,(H3,15,16). The zero-order valence-electron chi connectivity index (χ0n) is 11.1. The molecule has 3 N–H and O–H groups in total. The predicted octanol–water partition coefficient (Wildman–Crippen LogP) is 2.67. The number of nitrogens with zero attached hydrogens (tertiary/aromatic N) is 1. The maximum absolute atomic E-state index is 7.30. The minimum absolute atomic E-state index is 0.0120. The first kappa shape index (κ1) is 13.5. The smallest absolute Gasteiger partial charge is 0.142 e. The van der Waals surface area contributed by atoms with E-state index in [2.05, 4.69) is 17.1 Å². The van der Waals surface area contributed by atoms with Crippen molar-refractivity contribution in [3.63, 3.8) is 0 Å². The summed E-state index contributed by atoms with van der Waals surface area (Å²) in [6, 6.07) is 6.17. The summed E-state index contributed by atoms with van der Waals surface area (Å²) in [6.45, 7) is 4.66. The first-order valence-electron chi connectivity index (χ1n) is 6.05. The molecule has 0 aliphatic heterocycles. The highest BCUT2D eigenvalue weighted by molar-refractivity contribution is 7.09. The highest BCUT2D eigenvalue weighted by Crippen LogP contribution is 2.19. The fourth-order valence-corrected chi connectivity index (χ4v) is 2.44. The van der Waals surface area contributed by atoms with Crippen LogP contribution in [0.15, 0.2) is 23.6 Å². The van der Waals surface area contributed by atoms with Gasteiger partial charge in [-0.1, -0.05) is 12.1 Å². The van der Waals surface area contributed by atoms with E-state index in [-0.39, 0.29) is 5.84 Å². The van der Waals surface area contributed by atoms with Gasteiger partial charge in [0.15, 0.2) is 0 Å². The third kappa shape index (κ3) is 3.54. The third-order valence-electron chi connectivity index (χ3n) is 2.74. The van der Waals surface area contributed by atoms with Crippen LogP contribution in [0.1, 0.15) is 21.8 Å². The summed E-state index contributed by atoms with van der Waals surface area (Å²) in [4.78, 5) is 4.27. The molecule has 0 unspecified atom stereocenters. The number of thiazole rings is 1. The summed E-state index contributed by atoms with van der Waals surface area (Å²) in [5.41, 5.74) is 8.25. The highest BCUT2D eigenvalue weighted by Gasteiger charge is 2.05. The van der Waals surface area contributed by atoms with Crippen LogP contribution < -0.4 is 10.5 Å². The molecular weight excluding hydrogens is 258 g/mol. The Morgan fingerprint density at radius 1 is 1.42 bits per heavy atom. The van der Waals surface area contributed by atoms with Gasteiger partial charge in [-0.2, -0.15) is 0 Å². The van der Waals surface area contributed by atoms with Crippen molar-refractivity contribution in [2.45, 2.75) is 20.3 Å². The molecule has 0 aliphatic carbocycles. The molecule has 0 saturated heterocycles. The van der Waals surface area contributed by atoms with Crippen molar-refractivity contribution in [3.05, 3.63) is 45.4 Å². The Morgan fingerprint density at radius 3 is 2.89 bits per heavy atom. The van der Waals surface area contributed by atoms with E-state index < -0.39 is 0 Å². The van der Waals surface area contributed by atoms with Crippen LogP contribution in [0.25, 0.3) is 0 Å². The monoisotopic (exact) mass is 275 g/mol. The van der Waals surface area contributed by atoms with Gasteiger partial charge in [-0.15, -0.1) is 11.3 Å². The number of aryl methyl sites for hydroxylation is 2. The Kier molecular flexibility index (Phi) is 4.16. The molecule has 4 nitrogen and oxygen atoms in total. The van der Waals surface area contributed by atoms with Crippen LogP contribution in [-0.2, 0) is 6.42 Å². The van der Waals surface area contributed by atoms with E-state index in [4.69, 9.17) is 15.9 Å². The molecule has 0 atom stereocenters. The normalized spacial score (nSPS) is 10.4. The van der Waals surface area contributed by atoms with Crippen molar-refractivity contribution in [2.24, 2.45) is 5.73 Å². The summed E-state index contributed by atoms with van der Waals surface area (Å²) < 4.78 is 5.77. The number of hydrogen-bond donors (Lipinski definition) is 2. The van der Waals surface area contributed by atoms with Crippen LogP contribution in [0.5, 0.6) is 5.75 Å². The molecule has 0 aliphatic rings. The first-order chi connectivity index (χ1) is 9.06. The van der Waals surface area contributed by atoms with Gasteiger partial charge in [0.25, 0.3) is 0 Å². The summed E-state index contributed by atoms with van der Waals surface area (Å²) >= 11 is 1.51. The van der Waals surface area contributed by atoms with Crippen LogP contribution in [0, 0.1) is 19.3 Å². The molecule has 100 valence electrons. The van der Waals surface area contributed by atoms with Gasteiger partial charge < -0.3 is 10.5 Å². The Hall–Kier alpha value is -1.88. The predicted molar refractivity (Wildman–Crippen MR) is 78.2 cm³/mol. The lowest BCUT2D eigenvalue weighted by Gasteiger charge is -2.08. The molecule has 1 heterocycles. The second-order valence-electron chi connectivity index (χ2n) is 4.41. The van der Waals surface area contributed by atoms with Gasteiger partial charge in [0.1, 0.15) is 17.3 Å². The van der Waals surface area contributed by atoms with Crippen molar-refractivity contribution in [3.8, 4) is 5.75 Å². The van der Waals surface area contributed by atoms with E-state index in [9.17, 15) is 0 Å². The number of amidine groups is 1. The molecule has 1 aromatic carbocycles. The maximum Gasteiger partial charge on any atom is 0.142 e. The Bertz CT molecular complexity index is 592. The quantitative estimate of drug-likeness (QED) is 0.651. The molecule has 5 heteroatoms. The van der Waals surface area contributed by atoms with Crippen LogP contribution in [-0.4, -0.2) is 17.4 Å². The van der Waals surface area contributed by atoms with Crippen LogP contribution in [0.2, 0.25) is 0 Å². The second kappa shape index (κ2) is 5.84. The van der Waals surface area contributed by atoms with Crippen molar-refractivity contribution < 1.29 is 4.74 Å². The molecule has 19 heavy (non-hydrogen) atoms. The van der Waals surface area contributed by atoms with Crippen LogP contribution >= 0.6 is 11.3 Å². The molecule has 0 bridgehead atoms. The SMILES string of the molecule is Cc1ccc(C)c(OCCc2nc(C(=N)N)cs2)c1. The number of nitrogen functional groups attached to an aromatic ring is 1. The highest BCUT2D eigenvalue weighted by atomic mass is 32.1. The molecule has 0 saturated carbocycles. The summed E-state index contributed by atoms with van der Waals surface area (Å²) in [5.74, 6) is 0.932. The van der Waals surface area contributed by atoms with Crippen molar-refractivity contribution in [1.29, 1.82) is 5.41 Å². The molecular formula is C14H17N3OS. The zero-order chi connectivity index (χ0) is 13.8. The van der Waals surface area contributed by atoms with Gasteiger partial charge in [0.2, 0.25) is 0 Å². The van der Waals surface area contributed by atoms with E-state index in [0.29, 0.717) is 12.3 Å². The average molecular weight is 275 g/mol. The molecule has 0 radical (unpaired) electrons. The third-order valence-corrected chi connectivity index (χ3v) is 3.65. The Morgan fingerprint density at radius 2 is 2.21 bits per heavy atom. The molecule has 1 aromatic heterocycles. The molecule has 2 aromatic rings. The zero-order valence-corrected chi connectivity index (χ0v) is 11.9. The average Bonchev–Trinajstić information content (AvgIpc) is 2.82. The lowest BCUT2D eigenvalue weighted by Crippen LogP contribution is -2.11. The van der Waals surface area contributed by atoms with Crippen molar-refractivity contribution in [2.75, 3.05) is 6.61 Å².